The van der Waals surface area contributed by atoms with Crippen molar-refractivity contribution in [2.24, 2.45) is 38.6 Å². The van der Waals surface area contributed by atoms with Crippen LogP contribution in [0.25, 0.3) is 0 Å². The Morgan fingerprint density at radius 3 is 2.09 bits per heavy atom. The summed E-state index contributed by atoms with van der Waals surface area (Å²) >= 11 is 0. The molecule has 0 spiro atoms. The van der Waals surface area contributed by atoms with Gasteiger partial charge in [-0.05, 0) is 135 Å². The molecule has 0 bridgehead atoms. The standard InChI is InChI=1S/C54H67N11O5/c55-50-48-49(38-9-12-44(13-10-38)70-43-7-2-1-3-8-43)59-65(51(48)57-35-56-50)41-23-29-60(30-24-41)40-21-31-63(32-22-40)54(69)62-27-19-37(20-28-62)6-4-5-36-17-25-61(26-18-36)42-11-14-45-39(33-42)34-64(53(45)68)46-15-16-47(66)58-52(46)67/h1-3,7-14,33,35-37,40-41,46,48,51H,4-6,15-32,34H2,(H2,55,56,57)(H,58,66,67). The predicted octanol–water partition coefficient (Wildman–Crippen LogP) is 6.45. The zero-order chi connectivity index (χ0) is 47.7. The molecular formula is C54H67N11O5. The molecule has 0 aliphatic carbocycles. The average Bonchev–Trinajstić information content (AvgIpc) is 3.95. The van der Waals surface area contributed by atoms with Crippen LogP contribution in [0, 0.1) is 17.8 Å². The molecule has 5 fully saturated rings. The van der Waals surface area contributed by atoms with Gasteiger partial charge in [-0.25, -0.2) is 14.8 Å². The molecule has 3 atom stereocenters. The van der Waals surface area contributed by atoms with Gasteiger partial charge in [0.15, 0.2) is 6.17 Å². The molecule has 16 nitrogen and oxygen atoms in total. The van der Waals surface area contributed by atoms with Gasteiger partial charge in [-0.1, -0.05) is 37.5 Å². The summed E-state index contributed by atoms with van der Waals surface area (Å²) in [6.07, 6.45) is 14.4. The highest BCUT2D eigenvalue weighted by Gasteiger charge is 2.45. The van der Waals surface area contributed by atoms with Gasteiger partial charge in [0.25, 0.3) is 5.91 Å². The fourth-order valence-electron chi connectivity index (χ4n) is 12.6. The summed E-state index contributed by atoms with van der Waals surface area (Å²) in [7, 11) is 0. The minimum Gasteiger partial charge on any atom is -0.457 e. The number of piperidine rings is 5. The lowest BCUT2D eigenvalue weighted by atomic mass is 9.86. The van der Waals surface area contributed by atoms with Crippen LogP contribution in [0.4, 0.5) is 10.5 Å². The average molecular weight is 950 g/mol. The van der Waals surface area contributed by atoms with Crippen molar-refractivity contribution >= 4 is 47.3 Å². The molecule has 0 radical (unpaired) electrons. The minimum absolute atomic E-state index is 0.123. The quantitative estimate of drug-likeness (QED) is 0.205. The van der Waals surface area contributed by atoms with Gasteiger partial charge in [0.1, 0.15) is 35.6 Å². The summed E-state index contributed by atoms with van der Waals surface area (Å²) < 4.78 is 6.04. The number of carbonyl (C=O) groups excluding carboxylic acids is 4. The second-order valence-corrected chi connectivity index (χ2v) is 20.8. The van der Waals surface area contributed by atoms with E-state index in [1.807, 2.05) is 60.7 Å². The number of rotatable bonds is 11. The summed E-state index contributed by atoms with van der Waals surface area (Å²) in [5.41, 5.74) is 11.2. The third-order valence-electron chi connectivity index (χ3n) is 16.7. The number of amides is 5. The first-order valence-corrected chi connectivity index (χ1v) is 26.1. The number of anilines is 1. The third-order valence-corrected chi connectivity index (χ3v) is 16.7. The SMILES string of the molecule is NC1=NC=NC2C1C(c1ccc(Oc3ccccc3)cc1)=NN2C1CCN(C2CCN(C(=O)N3CCC(CCCC4CCN(c5ccc6c(c5)CN(C5CCC(=O)NC5=O)C6=O)CC4)CC3)CC2)CC1. The first kappa shape index (κ1) is 46.1. The van der Waals surface area contributed by atoms with Crippen LogP contribution in [0.1, 0.15) is 105 Å². The number of para-hydroxylation sites is 1. The molecule has 11 rings (SSSR count). The Morgan fingerprint density at radius 2 is 1.39 bits per heavy atom. The van der Waals surface area contributed by atoms with Gasteiger partial charge in [-0.15, -0.1) is 0 Å². The summed E-state index contributed by atoms with van der Waals surface area (Å²) in [4.78, 5) is 71.2. The van der Waals surface area contributed by atoms with Crippen molar-refractivity contribution in [2.75, 3.05) is 57.3 Å². The molecule has 8 heterocycles. The molecule has 3 N–H and O–H groups in total. The monoisotopic (exact) mass is 950 g/mol. The number of aliphatic imine (C=N–C) groups is 2. The number of likely N-dealkylation sites (tertiary alicyclic amines) is 3. The van der Waals surface area contributed by atoms with Crippen LogP contribution in [0.15, 0.2) is 87.9 Å². The van der Waals surface area contributed by atoms with Crippen molar-refractivity contribution in [1.29, 1.82) is 0 Å². The molecule has 3 unspecified atom stereocenters. The van der Waals surface area contributed by atoms with E-state index in [2.05, 4.69) is 47.1 Å². The zero-order valence-electron chi connectivity index (χ0n) is 40.2. The van der Waals surface area contributed by atoms with E-state index in [9.17, 15) is 19.2 Å². The fraction of sp³-hybridized carbons (Fsp3) is 0.537. The van der Waals surface area contributed by atoms with Gasteiger partial charge >= 0.3 is 6.03 Å². The molecule has 8 aliphatic rings. The molecule has 5 saturated heterocycles. The number of nitrogens with two attached hydrogens (primary N) is 1. The molecule has 16 heteroatoms. The van der Waals surface area contributed by atoms with Gasteiger partial charge in [-0.3, -0.25) is 24.7 Å². The maximum Gasteiger partial charge on any atom is 0.319 e. The Hall–Kier alpha value is -6.29. The number of hydrogen-bond donors (Lipinski definition) is 2. The van der Waals surface area contributed by atoms with Gasteiger partial charge in [0.05, 0.1) is 11.8 Å². The van der Waals surface area contributed by atoms with Crippen LogP contribution in [0.2, 0.25) is 0 Å². The number of nitrogens with zero attached hydrogens (tertiary/aromatic N) is 9. The second kappa shape index (κ2) is 20.2. The lowest BCUT2D eigenvalue weighted by molar-refractivity contribution is -0.136. The highest BCUT2D eigenvalue weighted by Crippen LogP contribution is 2.37. The minimum atomic E-state index is -0.589. The van der Waals surface area contributed by atoms with Crippen molar-refractivity contribution in [3.8, 4) is 11.5 Å². The largest absolute Gasteiger partial charge is 0.457 e. The maximum absolute atomic E-state index is 13.8. The number of benzene rings is 3. The maximum atomic E-state index is 13.8. The van der Waals surface area contributed by atoms with Crippen molar-refractivity contribution < 1.29 is 23.9 Å². The number of imide groups is 1. The predicted molar refractivity (Wildman–Crippen MR) is 269 cm³/mol. The number of carbonyl (C=O) groups is 4. The highest BCUT2D eigenvalue weighted by molar-refractivity contribution is 6.17. The summed E-state index contributed by atoms with van der Waals surface area (Å²) in [6.45, 7) is 7.81. The normalized spacial score (nSPS) is 25.2. The van der Waals surface area contributed by atoms with Crippen molar-refractivity contribution in [3.05, 3.63) is 89.5 Å². The Kier molecular flexibility index (Phi) is 13.3. The first-order chi connectivity index (χ1) is 34.2. The van der Waals surface area contributed by atoms with Crippen LogP contribution >= 0.6 is 0 Å². The van der Waals surface area contributed by atoms with Crippen LogP contribution in [0.3, 0.4) is 0 Å². The number of nitrogens with one attached hydrogen (secondary N) is 1. The Morgan fingerprint density at radius 1 is 0.729 bits per heavy atom. The van der Waals surface area contributed by atoms with Crippen LogP contribution in [-0.2, 0) is 16.1 Å². The van der Waals surface area contributed by atoms with E-state index in [-0.39, 0.29) is 48.3 Å². The Labute approximate surface area is 411 Å². The number of ether oxygens (including phenoxy) is 1. The number of hydrazone groups is 1. The smallest absolute Gasteiger partial charge is 0.319 e. The third kappa shape index (κ3) is 9.63. The highest BCUT2D eigenvalue weighted by atomic mass is 16.5. The molecule has 0 saturated carbocycles. The molecule has 5 amide bonds. The second-order valence-electron chi connectivity index (χ2n) is 20.8. The van der Waals surface area contributed by atoms with E-state index in [1.54, 1.807) is 11.2 Å². The van der Waals surface area contributed by atoms with E-state index >= 15 is 0 Å². The van der Waals surface area contributed by atoms with E-state index in [0.717, 1.165) is 131 Å². The van der Waals surface area contributed by atoms with Crippen molar-refractivity contribution in [1.82, 2.24) is 29.9 Å². The van der Waals surface area contributed by atoms with E-state index in [0.29, 0.717) is 36.3 Å². The van der Waals surface area contributed by atoms with Gasteiger partial charge < -0.3 is 35.0 Å². The molecule has 3 aromatic carbocycles. The first-order valence-electron chi connectivity index (χ1n) is 26.1. The molecule has 70 heavy (non-hydrogen) atoms. The zero-order valence-corrected chi connectivity index (χ0v) is 40.2. The van der Waals surface area contributed by atoms with Crippen molar-refractivity contribution in [2.45, 2.75) is 114 Å². The Bertz CT molecular complexity index is 2500. The fourth-order valence-corrected chi connectivity index (χ4v) is 12.6. The number of hydrogen-bond acceptors (Lipinski definition) is 12. The molecular weight excluding hydrogens is 883 g/mol. The van der Waals surface area contributed by atoms with Crippen LogP contribution in [0.5, 0.6) is 11.5 Å². The molecule has 8 aliphatic heterocycles. The number of fused-ring (bicyclic) bond motifs is 2. The van der Waals surface area contributed by atoms with Crippen LogP contribution in [-0.4, -0.2) is 143 Å². The Balaban J connectivity index is 0.582. The molecule has 368 valence electrons. The van der Waals surface area contributed by atoms with Gasteiger partial charge in [-0.2, -0.15) is 5.10 Å². The number of amidine groups is 1. The number of urea groups is 1. The molecule has 3 aromatic rings. The van der Waals surface area contributed by atoms with E-state index in [4.69, 9.17) is 20.6 Å². The van der Waals surface area contributed by atoms with Crippen molar-refractivity contribution in [3.63, 3.8) is 0 Å². The van der Waals surface area contributed by atoms with Gasteiger partial charge in [0.2, 0.25) is 11.8 Å². The summed E-state index contributed by atoms with van der Waals surface area (Å²) in [5, 5.41) is 9.81. The van der Waals surface area contributed by atoms with Crippen LogP contribution < -0.4 is 20.7 Å². The van der Waals surface area contributed by atoms with Gasteiger partial charge in [0, 0.05) is 82.6 Å². The summed E-state index contributed by atoms with van der Waals surface area (Å²) in [5.74, 6) is 2.57. The topological polar surface area (TPSA) is 172 Å². The molecule has 0 aromatic heterocycles. The lowest BCUT2D eigenvalue weighted by Gasteiger charge is -2.44. The van der Waals surface area contributed by atoms with E-state index in [1.165, 1.54) is 32.1 Å². The lowest BCUT2D eigenvalue weighted by Crippen LogP contribution is -2.54. The summed E-state index contributed by atoms with van der Waals surface area (Å²) in [6, 6.07) is 24.3. The van der Waals surface area contributed by atoms with E-state index < -0.39 is 6.04 Å².